The van der Waals surface area contributed by atoms with Crippen LogP contribution in [0.2, 0.25) is 0 Å². The highest BCUT2D eigenvalue weighted by Gasteiger charge is 2.10. The van der Waals surface area contributed by atoms with Gasteiger partial charge in [0.15, 0.2) is 0 Å². The van der Waals surface area contributed by atoms with Crippen molar-refractivity contribution in [3.05, 3.63) is 66.4 Å². The molecule has 2 heteroatoms. The molecule has 0 saturated carbocycles. The van der Waals surface area contributed by atoms with Gasteiger partial charge in [-0.05, 0) is 24.6 Å². The summed E-state index contributed by atoms with van der Waals surface area (Å²) in [7, 11) is 0. The van der Waals surface area contributed by atoms with Gasteiger partial charge in [0, 0.05) is 31.9 Å². The molecule has 0 fully saturated rings. The number of benzene rings is 2. The van der Waals surface area contributed by atoms with Gasteiger partial charge in [0.2, 0.25) is 0 Å². The van der Waals surface area contributed by atoms with Crippen LogP contribution in [0.3, 0.4) is 0 Å². The van der Waals surface area contributed by atoms with Gasteiger partial charge in [-0.2, -0.15) is 0 Å². The molecule has 1 nitrogen and oxygen atoms in total. The fraction of sp³-hybridized carbons (Fsp3) is 0.0556. The van der Waals surface area contributed by atoms with E-state index in [9.17, 15) is 0 Å². The highest BCUT2D eigenvalue weighted by atomic mass is 32.1. The average Bonchev–Trinajstić information content (AvgIpc) is 2.87. The van der Waals surface area contributed by atoms with Crippen LogP contribution in [0.4, 0.5) is 0 Å². The summed E-state index contributed by atoms with van der Waals surface area (Å²) in [6.45, 7) is 2.07. The molecule has 4 aromatic rings. The van der Waals surface area contributed by atoms with Gasteiger partial charge in [-0.25, -0.2) is 0 Å². The van der Waals surface area contributed by atoms with Crippen LogP contribution in [-0.2, 0) is 0 Å². The molecule has 0 bridgehead atoms. The zero-order valence-corrected chi connectivity index (χ0v) is 11.9. The molecule has 0 saturated heterocycles. The smallest absolute Gasteiger partial charge is 0.0716 e. The zero-order valence-electron chi connectivity index (χ0n) is 11.1. The highest BCUT2D eigenvalue weighted by molar-refractivity contribution is 7.26. The number of pyridine rings is 1. The van der Waals surface area contributed by atoms with E-state index >= 15 is 0 Å². The first-order valence-corrected chi connectivity index (χ1v) is 7.48. The number of rotatable bonds is 1. The summed E-state index contributed by atoms with van der Waals surface area (Å²) in [5, 5.41) is 2.66. The van der Waals surface area contributed by atoms with Crippen molar-refractivity contribution in [2.75, 3.05) is 0 Å². The summed E-state index contributed by atoms with van der Waals surface area (Å²) in [4.78, 5) is 4.58. The predicted molar refractivity (Wildman–Crippen MR) is 87.3 cm³/mol. The fourth-order valence-corrected chi connectivity index (χ4v) is 3.80. The van der Waals surface area contributed by atoms with E-state index in [4.69, 9.17) is 0 Å². The van der Waals surface area contributed by atoms with Crippen LogP contribution >= 0.6 is 11.3 Å². The summed E-state index contributed by atoms with van der Waals surface area (Å²) >= 11 is 1.85. The second kappa shape index (κ2) is 4.43. The van der Waals surface area contributed by atoms with Crippen molar-refractivity contribution in [2.45, 2.75) is 6.92 Å². The van der Waals surface area contributed by atoms with Crippen molar-refractivity contribution in [3.8, 4) is 11.3 Å². The Bertz CT molecular complexity index is 904. The lowest BCUT2D eigenvalue weighted by atomic mass is 10.1. The van der Waals surface area contributed by atoms with Gasteiger partial charge in [-0.1, -0.05) is 42.5 Å². The highest BCUT2D eigenvalue weighted by Crippen LogP contribution is 2.38. The van der Waals surface area contributed by atoms with Gasteiger partial charge in [0.25, 0.3) is 0 Å². The van der Waals surface area contributed by atoms with Crippen LogP contribution in [0.1, 0.15) is 5.56 Å². The minimum Gasteiger partial charge on any atom is -0.256 e. The number of fused-ring (bicyclic) bond motifs is 3. The molecule has 0 radical (unpaired) electrons. The predicted octanol–water partition coefficient (Wildman–Crippen LogP) is 5.42. The summed E-state index contributed by atoms with van der Waals surface area (Å²) in [5.41, 5.74) is 3.47. The zero-order chi connectivity index (χ0) is 13.5. The van der Waals surface area contributed by atoms with Gasteiger partial charge in [-0.3, -0.25) is 4.98 Å². The first-order valence-electron chi connectivity index (χ1n) is 6.66. The largest absolute Gasteiger partial charge is 0.256 e. The monoisotopic (exact) mass is 275 g/mol. The van der Waals surface area contributed by atoms with E-state index in [1.165, 1.54) is 31.3 Å². The van der Waals surface area contributed by atoms with Crippen LogP contribution in [0, 0.1) is 6.92 Å². The minimum absolute atomic E-state index is 1.05. The maximum atomic E-state index is 4.58. The first kappa shape index (κ1) is 11.6. The lowest BCUT2D eigenvalue weighted by Crippen LogP contribution is -1.83. The molecule has 0 unspecified atom stereocenters. The third kappa shape index (κ3) is 1.73. The number of nitrogens with zero attached hydrogens (tertiary/aromatic N) is 1. The molecular formula is C18H13NS. The quantitative estimate of drug-likeness (QED) is 0.451. The summed E-state index contributed by atoms with van der Waals surface area (Å²) in [6, 6.07) is 19.3. The van der Waals surface area contributed by atoms with E-state index in [1.54, 1.807) is 0 Å². The summed E-state index contributed by atoms with van der Waals surface area (Å²) in [5.74, 6) is 0. The van der Waals surface area contributed by atoms with E-state index in [-0.39, 0.29) is 0 Å². The lowest BCUT2D eigenvalue weighted by Gasteiger charge is -2.03. The standard InChI is InChI=1S/C18H13NS/c1-12-9-10-16(19-11-12)15-7-4-6-14-13-5-2-3-8-17(13)20-18(14)15/h2-11H,1H3. The van der Waals surface area contributed by atoms with Crippen molar-refractivity contribution in [1.82, 2.24) is 4.98 Å². The van der Waals surface area contributed by atoms with Crippen LogP contribution in [-0.4, -0.2) is 4.98 Å². The SMILES string of the molecule is Cc1ccc(-c2cccc3c2sc2ccccc23)nc1. The van der Waals surface area contributed by atoms with Gasteiger partial charge >= 0.3 is 0 Å². The van der Waals surface area contributed by atoms with Crippen LogP contribution < -0.4 is 0 Å². The molecule has 0 aliphatic heterocycles. The summed E-state index contributed by atoms with van der Waals surface area (Å²) in [6.07, 6.45) is 1.93. The van der Waals surface area contributed by atoms with Gasteiger partial charge in [0.05, 0.1) is 5.69 Å². The van der Waals surface area contributed by atoms with Crippen LogP contribution in [0.15, 0.2) is 60.8 Å². The van der Waals surface area contributed by atoms with Crippen molar-refractivity contribution in [1.29, 1.82) is 0 Å². The Hall–Kier alpha value is -2.19. The maximum absolute atomic E-state index is 4.58. The summed E-state index contributed by atoms with van der Waals surface area (Å²) < 4.78 is 2.66. The molecule has 0 aliphatic carbocycles. The van der Waals surface area contributed by atoms with Crippen LogP contribution in [0.25, 0.3) is 31.4 Å². The van der Waals surface area contributed by atoms with Gasteiger partial charge in [0.1, 0.15) is 0 Å². The molecule has 0 atom stereocenters. The number of hydrogen-bond acceptors (Lipinski definition) is 2. The van der Waals surface area contributed by atoms with E-state index in [0.29, 0.717) is 0 Å². The first-order chi connectivity index (χ1) is 9.83. The number of aryl methyl sites for hydroxylation is 1. The van der Waals surface area contributed by atoms with Crippen molar-refractivity contribution in [2.24, 2.45) is 0 Å². The number of thiophene rings is 1. The molecular weight excluding hydrogens is 262 g/mol. The third-order valence-corrected chi connectivity index (χ3v) is 4.81. The Labute approximate surface area is 121 Å². The van der Waals surface area contributed by atoms with Crippen molar-refractivity contribution in [3.63, 3.8) is 0 Å². The van der Waals surface area contributed by atoms with Crippen LogP contribution in [0.5, 0.6) is 0 Å². The molecule has 20 heavy (non-hydrogen) atoms. The molecule has 2 aromatic carbocycles. The fourth-order valence-electron chi connectivity index (χ4n) is 2.58. The molecule has 2 heterocycles. The van der Waals surface area contributed by atoms with E-state index < -0.39 is 0 Å². The Morgan fingerprint density at radius 2 is 1.70 bits per heavy atom. The van der Waals surface area contributed by atoms with E-state index in [0.717, 1.165) is 5.69 Å². The normalized spacial score (nSPS) is 11.2. The lowest BCUT2D eigenvalue weighted by molar-refractivity contribution is 1.27. The second-order valence-electron chi connectivity index (χ2n) is 5.00. The second-order valence-corrected chi connectivity index (χ2v) is 6.05. The molecule has 96 valence electrons. The molecule has 0 spiro atoms. The maximum Gasteiger partial charge on any atom is 0.0716 e. The average molecular weight is 275 g/mol. The van der Waals surface area contributed by atoms with Gasteiger partial charge < -0.3 is 0 Å². The molecule has 0 amide bonds. The van der Waals surface area contributed by atoms with E-state index in [1.807, 2.05) is 17.5 Å². The Morgan fingerprint density at radius 3 is 2.55 bits per heavy atom. The molecule has 2 aromatic heterocycles. The van der Waals surface area contributed by atoms with Crippen molar-refractivity contribution >= 4 is 31.5 Å². The Balaban J connectivity index is 2.07. The minimum atomic E-state index is 1.05. The Morgan fingerprint density at radius 1 is 0.850 bits per heavy atom. The van der Waals surface area contributed by atoms with Crippen molar-refractivity contribution < 1.29 is 0 Å². The molecule has 0 N–H and O–H groups in total. The molecule has 4 rings (SSSR count). The van der Waals surface area contributed by atoms with E-state index in [2.05, 4.69) is 66.5 Å². The number of hydrogen-bond donors (Lipinski definition) is 0. The molecule has 0 aliphatic rings. The topological polar surface area (TPSA) is 12.9 Å². The third-order valence-electron chi connectivity index (χ3n) is 3.59. The Kier molecular flexibility index (Phi) is 2.57. The number of aromatic nitrogens is 1. The van der Waals surface area contributed by atoms with Gasteiger partial charge in [-0.15, -0.1) is 11.3 Å².